The van der Waals surface area contributed by atoms with E-state index in [0.717, 1.165) is 19.8 Å². The molecule has 0 aromatic heterocycles. The maximum absolute atomic E-state index is 12.4. The Morgan fingerprint density at radius 3 is 2.26 bits per heavy atom. The Balaban J connectivity index is 2.74. The number of ether oxygens (including phenoxy) is 2. The number of alkyl carbamates (subject to hydrolysis) is 1. The van der Waals surface area contributed by atoms with Crippen LogP contribution >= 0.6 is 7.60 Å². The number of esters is 1. The third-order valence-electron chi connectivity index (χ3n) is 2.80. The Morgan fingerprint density at radius 1 is 1.13 bits per heavy atom. The van der Waals surface area contributed by atoms with Crippen molar-refractivity contribution in [3.63, 3.8) is 0 Å². The summed E-state index contributed by atoms with van der Waals surface area (Å²) in [5, 5.41) is 2.17. The monoisotopic (exact) mass is 345 g/mol. The lowest BCUT2D eigenvalue weighted by molar-refractivity contribution is -0.143. The molecule has 1 rings (SSSR count). The van der Waals surface area contributed by atoms with Gasteiger partial charge in [0.2, 0.25) is 5.78 Å². The van der Waals surface area contributed by atoms with Gasteiger partial charge in [0.05, 0.1) is 6.61 Å². The first-order valence-electron chi connectivity index (χ1n) is 6.81. The average molecular weight is 345 g/mol. The van der Waals surface area contributed by atoms with Crippen molar-refractivity contribution in [1.82, 2.24) is 5.32 Å². The first-order chi connectivity index (χ1) is 11.0. The van der Waals surface area contributed by atoms with Crippen LogP contribution in [0.5, 0.6) is 0 Å². The number of carbonyl (C=O) groups excluding carboxylic acids is 2. The highest BCUT2D eigenvalue weighted by Gasteiger charge is 2.42. The van der Waals surface area contributed by atoms with E-state index in [1.165, 1.54) is 0 Å². The van der Waals surface area contributed by atoms with Crippen LogP contribution in [0.4, 0.5) is 4.79 Å². The fourth-order valence-corrected chi connectivity index (χ4v) is 2.82. The number of carbonyl (C=O) groups is 2. The molecule has 23 heavy (non-hydrogen) atoms. The molecule has 1 aromatic carbocycles. The second-order valence-corrected chi connectivity index (χ2v) is 6.59. The molecule has 0 fully saturated rings. The van der Waals surface area contributed by atoms with E-state index in [1.807, 2.05) is 6.07 Å². The summed E-state index contributed by atoms with van der Waals surface area (Å²) in [5.41, 5.74) is 0.761. The minimum absolute atomic E-state index is 0.00746. The van der Waals surface area contributed by atoms with Crippen LogP contribution < -0.4 is 5.32 Å². The number of nitrogens with one attached hydrogen (secondary N) is 1. The van der Waals surface area contributed by atoms with Crippen LogP contribution in [0.15, 0.2) is 30.3 Å². The molecule has 0 bridgehead atoms. The van der Waals surface area contributed by atoms with E-state index in [9.17, 15) is 14.2 Å². The van der Waals surface area contributed by atoms with Crippen molar-refractivity contribution >= 4 is 19.7 Å². The fraction of sp³-hybridized carbons (Fsp3) is 0.429. The highest BCUT2D eigenvalue weighted by Crippen LogP contribution is 2.50. The molecule has 0 aliphatic heterocycles. The summed E-state index contributed by atoms with van der Waals surface area (Å²) in [4.78, 5) is 23.7. The summed E-state index contributed by atoms with van der Waals surface area (Å²) in [7, 11) is -1.70. The second-order valence-electron chi connectivity index (χ2n) is 4.27. The van der Waals surface area contributed by atoms with E-state index in [4.69, 9.17) is 18.5 Å². The zero-order valence-corrected chi connectivity index (χ0v) is 14.1. The summed E-state index contributed by atoms with van der Waals surface area (Å²) in [6, 6.07) is 8.95. The molecular formula is C14H20NO7P. The average Bonchev–Trinajstić information content (AvgIpc) is 2.58. The minimum Gasteiger partial charge on any atom is -0.464 e. The predicted octanol–water partition coefficient (Wildman–Crippen LogP) is 2.29. The van der Waals surface area contributed by atoms with Crippen molar-refractivity contribution in [2.45, 2.75) is 19.3 Å². The van der Waals surface area contributed by atoms with E-state index < -0.39 is 25.4 Å². The van der Waals surface area contributed by atoms with Crippen LogP contribution in [-0.2, 0) is 34.5 Å². The maximum atomic E-state index is 12.4. The van der Waals surface area contributed by atoms with E-state index in [2.05, 4.69) is 5.32 Å². The van der Waals surface area contributed by atoms with E-state index in [0.29, 0.717) is 0 Å². The number of hydrogen-bond acceptors (Lipinski definition) is 7. The van der Waals surface area contributed by atoms with Gasteiger partial charge in [-0.2, -0.15) is 0 Å². The lowest BCUT2D eigenvalue weighted by Crippen LogP contribution is -2.42. The quantitative estimate of drug-likeness (QED) is 0.570. The third-order valence-corrected chi connectivity index (χ3v) is 4.79. The Hall–Kier alpha value is -1.89. The van der Waals surface area contributed by atoms with Gasteiger partial charge in [-0.15, -0.1) is 0 Å². The van der Waals surface area contributed by atoms with Gasteiger partial charge >= 0.3 is 19.7 Å². The van der Waals surface area contributed by atoms with Gasteiger partial charge in [-0.3, -0.25) is 9.88 Å². The van der Waals surface area contributed by atoms with Crippen LogP contribution in [0.1, 0.15) is 12.5 Å². The Kier molecular flexibility index (Phi) is 7.74. The first-order valence-corrected chi connectivity index (χ1v) is 8.43. The van der Waals surface area contributed by atoms with Gasteiger partial charge in [0.15, 0.2) is 0 Å². The highest BCUT2D eigenvalue weighted by atomic mass is 31.2. The van der Waals surface area contributed by atoms with Crippen LogP contribution in [0.3, 0.4) is 0 Å². The Bertz CT molecular complexity index is 556. The lowest BCUT2D eigenvalue weighted by Gasteiger charge is -2.23. The fourth-order valence-electron chi connectivity index (χ4n) is 1.65. The Morgan fingerprint density at radius 2 is 1.74 bits per heavy atom. The molecule has 9 heteroatoms. The van der Waals surface area contributed by atoms with Gasteiger partial charge in [0.1, 0.15) is 6.61 Å². The first kappa shape index (κ1) is 19.2. The van der Waals surface area contributed by atoms with Gasteiger partial charge in [0.25, 0.3) is 0 Å². The second kappa shape index (κ2) is 9.29. The van der Waals surface area contributed by atoms with Gasteiger partial charge in [-0.25, -0.2) is 9.59 Å². The molecule has 1 aromatic rings. The van der Waals surface area contributed by atoms with Crippen LogP contribution in [0, 0.1) is 0 Å². The van der Waals surface area contributed by atoms with Crippen molar-refractivity contribution < 1.29 is 32.7 Å². The summed E-state index contributed by atoms with van der Waals surface area (Å²) in [5.74, 6) is -2.54. The van der Waals surface area contributed by atoms with Crippen LogP contribution in [0.2, 0.25) is 0 Å². The maximum Gasteiger partial charge on any atom is 0.408 e. The number of amides is 1. The standard InChI is InChI=1S/C14H20NO7P/c1-4-21-13(16)12(23(18,19-2)20-3)15-14(17)22-10-11-8-6-5-7-9-11/h5-9,12H,4,10H2,1-3H3,(H,15,17)/t12-/m0/s1. The molecule has 0 aliphatic carbocycles. The smallest absolute Gasteiger partial charge is 0.408 e. The minimum atomic E-state index is -3.91. The summed E-state index contributed by atoms with van der Waals surface area (Å²) >= 11 is 0. The number of hydrogen-bond donors (Lipinski definition) is 1. The molecular weight excluding hydrogens is 325 g/mol. The van der Waals surface area contributed by atoms with E-state index in [1.54, 1.807) is 31.2 Å². The summed E-state index contributed by atoms with van der Waals surface area (Å²) in [6.07, 6.45) is -0.943. The molecule has 0 aliphatic rings. The predicted molar refractivity (Wildman–Crippen MR) is 81.8 cm³/mol. The molecule has 0 unspecified atom stereocenters. The zero-order valence-electron chi connectivity index (χ0n) is 13.2. The molecule has 0 spiro atoms. The lowest BCUT2D eigenvalue weighted by atomic mass is 10.2. The number of rotatable bonds is 8. The largest absolute Gasteiger partial charge is 0.464 e. The van der Waals surface area contributed by atoms with Crippen molar-refractivity contribution in [2.24, 2.45) is 0 Å². The molecule has 128 valence electrons. The highest BCUT2D eigenvalue weighted by molar-refractivity contribution is 7.55. The molecule has 0 saturated carbocycles. The molecule has 0 heterocycles. The summed E-state index contributed by atoms with van der Waals surface area (Å²) in [6.45, 7) is 1.61. The molecule has 1 N–H and O–H groups in total. The molecule has 0 saturated heterocycles. The van der Waals surface area contributed by atoms with Crippen molar-refractivity contribution in [3.05, 3.63) is 35.9 Å². The molecule has 1 atom stereocenters. The van der Waals surface area contributed by atoms with Gasteiger partial charge in [0, 0.05) is 14.2 Å². The van der Waals surface area contributed by atoms with E-state index in [-0.39, 0.29) is 13.2 Å². The normalized spacial score (nSPS) is 12.3. The van der Waals surface area contributed by atoms with E-state index >= 15 is 0 Å². The van der Waals surface area contributed by atoms with Crippen molar-refractivity contribution in [3.8, 4) is 0 Å². The molecule has 8 nitrogen and oxygen atoms in total. The topological polar surface area (TPSA) is 100 Å². The molecule has 1 amide bonds. The van der Waals surface area contributed by atoms with Gasteiger partial charge < -0.3 is 18.5 Å². The summed E-state index contributed by atoms with van der Waals surface area (Å²) < 4.78 is 31.6. The van der Waals surface area contributed by atoms with Gasteiger partial charge in [-0.1, -0.05) is 30.3 Å². The third kappa shape index (κ3) is 5.67. The molecule has 0 radical (unpaired) electrons. The van der Waals surface area contributed by atoms with Crippen LogP contribution in [-0.4, -0.2) is 38.7 Å². The van der Waals surface area contributed by atoms with Crippen molar-refractivity contribution in [2.75, 3.05) is 20.8 Å². The number of benzene rings is 1. The van der Waals surface area contributed by atoms with Crippen LogP contribution in [0.25, 0.3) is 0 Å². The Labute approximate surface area is 134 Å². The van der Waals surface area contributed by atoms with Gasteiger partial charge in [-0.05, 0) is 12.5 Å². The zero-order chi connectivity index (χ0) is 17.3. The SMILES string of the molecule is CCOC(=O)[C@@H](NC(=O)OCc1ccccc1)P(=O)(OC)OC. The van der Waals surface area contributed by atoms with Crippen molar-refractivity contribution in [1.29, 1.82) is 0 Å².